The van der Waals surface area contributed by atoms with Crippen molar-refractivity contribution < 1.29 is 26.3 Å². The van der Waals surface area contributed by atoms with Gasteiger partial charge in [-0.15, -0.1) is 0 Å². The van der Waals surface area contributed by atoms with Crippen LogP contribution in [-0.2, 0) is 24.8 Å². The van der Waals surface area contributed by atoms with Gasteiger partial charge in [-0.05, 0) is 60.0 Å². The molecule has 0 bridgehead atoms. The van der Waals surface area contributed by atoms with Gasteiger partial charge < -0.3 is 20.1 Å². The lowest BCUT2D eigenvalue weighted by molar-refractivity contribution is 0.0730. The molecule has 3 aromatic carbocycles. The Hall–Kier alpha value is -3.79. The predicted molar refractivity (Wildman–Crippen MR) is 174 cm³/mol. The summed E-state index contributed by atoms with van der Waals surface area (Å²) in [4.78, 5) is 9.07. The molecule has 0 radical (unpaired) electrons. The van der Waals surface area contributed by atoms with Crippen LogP contribution in [0.5, 0.6) is 5.75 Å². The summed E-state index contributed by atoms with van der Waals surface area (Å²) >= 11 is 6.39. The van der Waals surface area contributed by atoms with Crippen molar-refractivity contribution >= 4 is 54.8 Å². The summed E-state index contributed by atoms with van der Waals surface area (Å²) < 4.78 is 65.3. The minimum atomic E-state index is -3.74. The highest BCUT2D eigenvalue weighted by Gasteiger charge is 2.26. The maximum absolute atomic E-state index is 13.0. The highest BCUT2D eigenvalue weighted by atomic mass is 35.5. The number of methoxy groups -OCH3 is 1. The zero-order valence-electron chi connectivity index (χ0n) is 25.1. The molecule has 1 aromatic heterocycles. The molecule has 0 unspecified atom stereocenters. The second kappa shape index (κ2) is 13.3. The van der Waals surface area contributed by atoms with Crippen molar-refractivity contribution in [2.75, 3.05) is 58.1 Å². The van der Waals surface area contributed by atoms with Crippen molar-refractivity contribution in [1.29, 1.82) is 0 Å². The average Bonchev–Trinajstić information content (AvgIpc) is 3.03. The van der Waals surface area contributed by atoms with Crippen molar-refractivity contribution in [3.05, 3.63) is 77.4 Å². The quantitative estimate of drug-likeness (QED) is 0.239. The molecule has 0 spiro atoms. The lowest BCUT2D eigenvalue weighted by atomic mass is 9.99. The Balaban J connectivity index is 1.40. The number of rotatable bonds is 10. The van der Waals surface area contributed by atoms with Crippen LogP contribution in [-0.4, -0.2) is 82.9 Å². The molecule has 5 rings (SSSR count). The molecule has 1 fully saturated rings. The lowest BCUT2D eigenvalue weighted by Gasteiger charge is -2.26. The highest BCUT2D eigenvalue weighted by Crippen LogP contribution is 2.36. The van der Waals surface area contributed by atoms with Crippen molar-refractivity contribution in [2.45, 2.75) is 16.7 Å². The number of halogens is 1. The lowest BCUT2D eigenvalue weighted by Crippen LogP contribution is -2.40. The molecule has 238 valence electrons. The van der Waals surface area contributed by atoms with E-state index in [9.17, 15) is 16.8 Å². The largest absolute Gasteiger partial charge is 0.495 e. The van der Waals surface area contributed by atoms with Gasteiger partial charge >= 0.3 is 0 Å². The van der Waals surface area contributed by atoms with Crippen LogP contribution in [0.1, 0.15) is 5.56 Å². The minimum Gasteiger partial charge on any atom is -0.495 e. The van der Waals surface area contributed by atoms with Gasteiger partial charge in [0.1, 0.15) is 15.7 Å². The average molecular weight is 673 g/mol. The highest BCUT2D eigenvalue weighted by molar-refractivity contribution is 7.89. The molecule has 1 saturated heterocycles. The summed E-state index contributed by atoms with van der Waals surface area (Å²) in [6.07, 6.45) is 1.41. The van der Waals surface area contributed by atoms with Gasteiger partial charge in [-0.1, -0.05) is 35.9 Å². The number of anilines is 4. The molecule has 0 amide bonds. The fraction of sp³-hybridized carbons (Fsp3) is 0.267. The Kier molecular flexibility index (Phi) is 9.63. The number of sulfonamides is 2. The number of nitrogens with one attached hydrogen (secondary N) is 2. The van der Waals surface area contributed by atoms with E-state index in [1.54, 1.807) is 42.5 Å². The fourth-order valence-corrected chi connectivity index (χ4v) is 7.35. The van der Waals surface area contributed by atoms with E-state index in [0.717, 1.165) is 21.0 Å². The Morgan fingerprint density at radius 1 is 0.956 bits per heavy atom. The second-order valence-corrected chi connectivity index (χ2v) is 14.8. The predicted octanol–water partition coefficient (Wildman–Crippen LogP) is 4.87. The van der Waals surface area contributed by atoms with Crippen LogP contribution in [0.25, 0.3) is 11.1 Å². The monoisotopic (exact) mass is 672 g/mol. The topological polar surface area (TPSA) is 143 Å². The summed E-state index contributed by atoms with van der Waals surface area (Å²) in [7, 11) is -2.90. The maximum Gasteiger partial charge on any atom is 0.244 e. The molecule has 4 aromatic rings. The van der Waals surface area contributed by atoms with Crippen molar-refractivity contribution in [3.63, 3.8) is 0 Å². The van der Waals surface area contributed by atoms with E-state index in [2.05, 4.69) is 20.6 Å². The van der Waals surface area contributed by atoms with E-state index in [0.29, 0.717) is 43.4 Å². The molecular formula is C30H33ClN6O6S2. The second-order valence-electron chi connectivity index (χ2n) is 10.3. The van der Waals surface area contributed by atoms with Gasteiger partial charge in [-0.2, -0.15) is 9.29 Å². The van der Waals surface area contributed by atoms with Crippen LogP contribution in [0.2, 0.25) is 5.02 Å². The third-order valence-electron chi connectivity index (χ3n) is 7.21. The summed E-state index contributed by atoms with van der Waals surface area (Å²) in [5.74, 6) is 0.893. The van der Waals surface area contributed by atoms with Gasteiger partial charge in [-0.3, -0.25) is 0 Å². The number of ether oxygens (including phenoxy) is 2. The van der Waals surface area contributed by atoms with Gasteiger partial charge in [0.05, 0.1) is 42.8 Å². The van der Waals surface area contributed by atoms with E-state index in [-0.39, 0.29) is 26.6 Å². The molecule has 15 heteroatoms. The minimum absolute atomic E-state index is 0.0683. The Bertz CT molecular complexity index is 1920. The fourth-order valence-electron chi connectivity index (χ4n) is 4.76. The van der Waals surface area contributed by atoms with Crippen LogP contribution in [0.15, 0.2) is 76.7 Å². The summed E-state index contributed by atoms with van der Waals surface area (Å²) in [6, 6.07) is 16.9. The maximum atomic E-state index is 13.0. The molecule has 0 saturated carbocycles. The first-order valence-electron chi connectivity index (χ1n) is 13.9. The standard InChI is InChI=1S/C30H33ClN6O6S2/c1-20-17-26(27(42-4)18-23(20)21-9-11-22(12-10-21)44(38,39)37-13-15-43-16-14-37)34-30-32-19-24(31)29(35-30)33-25-7-5-6-8-28(25)45(40,41)36(2)3/h5-12,17-19H,13-16H2,1-4H3,(H2,32,33,34,35). The number of aromatic nitrogens is 2. The number of morpholine rings is 1. The number of aryl methyl sites for hydroxylation is 1. The third kappa shape index (κ3) is 6.90. The van der Waals surface area contributed by atoms with Crippen LogP contribution < -0.4 is 15.4 Å². The number of hydrogen-bond acceptors (Lipinski definition) is 10. The van der Waals surface area contributed by atoms with Crippen molar-refractivity contribution in [2.24, 2.45) is 0 Å². The van der Waals surface area contributed by atoms with Crippen molar-refractivity contribution in [3.8, 4) is 16.9 Å². The zero-order valence-corrected chi connectivity index (χ0v) is 27.5. The molecule has 12 nitrogen and oxygen atoms in total. The number of hydrogen-bond donors (Lipinski definition) is 2. The van der Waals surface area contributed by atoms with Gasteiger partial charge in [0.2, 0.25) is 26.0 Å². The van der Waals surface area contributed by atoms with Crippen LogP contribution in [0, 0.1) is 6.92 Å². The van der Waals surface area contributed by atoms with Crippen LogP contribution in [0.4, 0.5) is 23.1 Å². The third-order valence-corrected chi connectivity index (χ3v) is 11.3. The Morgan fingerprint density at radius 2 is 1.64 bits per heavy atom. The van der Waals surface area contributed by atoms with Crippen molar-refractivity contribution in [1.82, 2.24) is 18.6 Å². The van der Waals surface area contributed by atoms with E-state index >= 15 is 0 Å². The normalized spacial score (nSPS) is 14.4. The van der Waals surface area contributed by atoms with Crippen LogP contribution in [0.3, 0.4) is 0 Å². The smallest absolute Gasteiger partial charge is 0.244 e. The molecule has 2 N–H and O–H groups in total. The molecule has 2 heterocycles. The van der Waals surface area contributed by atoms with E-state index < -0.39 is 20.0 Å². The summed E-state index contributed by atoms with van der Waals surface area (Å²) in [6.45, 7) is 3.34. The Labute approximate surface area is 268 Å². The molecule has 0 atom stereocenters. The number of benzene rings is 3. The molecular weight excluding hydrogens is 640 g/mol. The first-order valence-corrected chi connectivity index (χ1v) is 17.1. The molecule has 1 aliphatic heterocycles. The SMILES string of the molecule is COc1cc(-c2ccc(S(=O)(=O)N3CCOCC3)cc2)c(C)cc1Nc1ncc(Cl)c(Nc2ccccc2S(=O)(=O)N(C)C)n1. The van der Waals surface area contributed by atoms with Gasteiger partial charge in [0, 0.05) is 27.2 Å². The number of nitrogens with zero attached hydrogens (tertiary/aromatic N) is 4. The first kappa shape index (κ1) is 32.6. The molecule has 45 heavy (non-hydrogen) atoms. The summed E-state index contributed by atoms with van der Waals surface area (Å²) in [5, 5.41) is 6.37. The van der Waals surface area contributed by atoms with E-state index in [4.69, 9.17) is 21.1 Å². The molecule has 0 aliphatic carbocycles. The van der Waals surface area contributed by atoms with E-state index in [1.165, 1.54) is 37.8 Å². The van der Waals surface area contributed by atoms with E-state index in [1.807, 2.05) is 19.1 Å². The van der Waals surface area contributed by atoms with Gasteiger partial charge in [-0.25, -0.2) is 26.1 Å². The Morgan fingerprint density at radius 3 is 2.31 bits per heavy atom. The summed E-state index contributed by atoms with van der Waals surface area (Å²) in [5.41, 5.74) is 3.44. The molecule has 1 aliphatic rings. The van der Waals surface area contributed by atoms with Gasteiger partial charge in [0.25, 0.3) is 0 Å². The van der Waals surface area contributed by atoms with Gasteiger partial charge in [0.15, 0.2) is 5.82 Å². The first-order chi connectivity index (χ1) is 21.4. The van der Waals surface area contributed by atoms with Crippen LogP contribution >= 0.6 is 11.6 Å². The number of para-hydroxylation sites is 1. The zero-order chi connectivity index (χ0) is 32.4.